The largest absolute Gasteiger partial charge is 0.363 e. The van der Waals surface area contributed by atoms with Crippen molar-refractivity contribution in [3.8, 4) is 0 Å². The fourth-order valence-corrected chi connectivity index (χ4v) is 3.52. The van der Waals surface area contributed by atoms with Gasteiger partial charge < -0.3 is 5.32 Å². The van der Waals surface area contributed by atoms with Gasteiger partial charge in [-0.3, -0.25) is 4.68 Å². The first-order valence-corrected chi connectivity index (χ1v) is 8.87. The first-order valence-electron chi connectivity index (χ1n) is 8.87. The molecule has 7 nitrogen and oxygen atoms in total. The molecule has 0 radical (unpaired) electrons. The van der Waals surface area contributed by atoms with Crippen molar-refractivity contribution < 1.29 is 0 Å². The van der Waals surface area contributed by atoms with Crippen LogP contribution >= 0.6 is 0 Å². The minimum absolute atomic E-state index is 0.532. The maximum absolute atomic E-state index is 4.71. The van der Waals surface area contributed by atoms with Gasteiger partial charge in [0.25, 0.3) is 0 Å². The van der Waals surface area contributed by atoms with Gasteiger partial charge in [-0.2, -0.15) is 9.61 Å². The Balaban J connectivity index is 1.31. The summed E-state index contributed by atoms with van der Waals surface area (Å²) in [6, 6.07) is 6.60. The van der Waals surface area contributed by atoms with Gasteiger partial charge in [-0.15, -0.1) is 15.3 Å². The maximum Gasteiger partial charge on any atom is 0.178 e. The van der Waals surface area contributed by atoms with Crippen LogP contribution in [0.3, 0.4) is 0 Å². The second-order valence-corrected chi connectivity index (χ2v) is 6.90. The van der Waals surface area contributed by atoms with Gasteiger partial charge in [0.2, 0.25) is 0 Å². The highest BCUT2D eigenvalue weighted by Gasteiger charge is 2.29. The van der Waals surface area contributed by atoms with Crippen LogP contribution in [0.2, 0.25) is 0 Å². The van der Waals surface area contributed by atoms with Crippen LogP contribution in [-0.4, -0.2) is 29.6 Å². The average molecular weight is 323 g/mol. The number of rotatable bonds is 5. The van der Waals surface area contributed by atoms with Crippen LogP contribution in [0, 0.1) is 0 Å². The van der Waals surface area contributed by atoms with Crippen LogP contribution in [0.25, 0.3) is 5.65 Å². The number of nitrogens with zero attached hydrogens (tertiary/aromatic N) is 6. The minimum atomic E-state index is 0.532. The molecule has 0 atom stereocenters. The summed E-state index contributed by atoms with van der Waals surface area (Å²) in [7, 11) is 0. The Morgan fingerprint density at radius 2 is 1.88 bits per heavy atom. The fraction of sp³-hybridized carbons (Fsp3) is 0.529. The average Bonchev–Trinajstić information content (AvgIpc) is 3.06. The molecule has 2 saturated carbocycles. The molecule has 0 aromatic carbocycles. The molecule has 0 amide bonds. The molecule has 7 heteroatoms. The zero-order chi connectivity index (χ0) is 15.9. The topological polar surface area (TPSA) is 72.9 Å². The zero-order valence-electron chi connectivity index (χ0n) is 13.6. The molecule has 2 fully saturated rings. The number of hydrogen-bond acceptors (Lipinski definition) is 5. The number of nitrogens with one attached hydrogen (secondary N) is 1. The van der Waals surface area contributed by atoms with Crippen LogP contribution < -0.4 is 5.32 Å². The van der Waals surface area contributed by atoms with Crippen molar-refractivity contribution in [3.05, 3.63) is 35.9 Å². The first kappa shape index (κ1) is 13.9. The summed E-state index contributed by atoms with van der Waals surface area (Å²) >= 11 is 0. The third-order valence-corrected chi connectivity index (χ3v) is 5.04. The zero-order valence-corrected chi connectivity index (χ0v) is 13.6. The first-order chi connectivity index (χ1) is 11.9. The third-order valence-electron chi connectivity index (χ3n) is 5.04. The normalized spacial score (nSPS) is 18.5. The number of anilines is 1. The molecule has 5 rings (SSSR count). The number of aromatic nitrogens is 6. The summed E-state index contributed by atoms with van der Waals surface area (Å²) in [5.41, 5.74) is 1.86. The van der Waals surface area contributed by atoms with Crippen molar-refractivity contribution >= 4 is 11.5 Å². The van der Waals surface area contributed by atoms with E-state index in [1.165, 1.54) is 38.5 Å². The maximum atomic E-state index is 4.71. The van der Waals surface area contributed by atoms with Crippen LogP contribution in [0.1, 0.15) is 62.0 Å². The minimum Gasteiger partial charge on any atom is -0.363 e. The van der Waals surface area contributed by atoms with E-state index in [-0.39, 0.29) is 0 Å². The van der Waals surface area contributed by atoms with E-state index in [0.29, 0.717) is 18.5 Å². The predicted octanol–water partition coefficient (Wildman–Crippen LogP) is 2.93. The van der Waals surface area contributed by atoms with Crippen molar-refractivity contribution in [1.82, 2.24) is 29.6 Å². The van der Waals surface area contributed by atoms with E-state index < -0.39 is 0 Å². The van der Waals surface area contributed by atoms with Gasteiger partial charge in [0, 0.05) is 12.1 Å². The Morgan fingerprint density at radius 3 is 2.71 bits per heavy atom. The molecule has 24 heavy (non-hydrogen) atoms. The molecule has 3 aromatic heterocycles. The van der Waals surface area contributed by atoms with Crippen molar-refractivity contribution in [2.24, 2.45) is 0 Å². The SMILES string of the molecule is c1cn(C2CCCC2)nc1CNc1ccc2nnc(C3CC3)n2n1. The lowest BCUT2D eigenvalue weighted by Gasteiger charge is -2.09. The molecular formula is C17H21N7. The van der Waals surface area contributed by atoms with Crippen LogP contribution in [0.5, 0.6) is 0 Å². The Labute approximate surface area is 140 Å². The van der Waals surface area contributed by atoms with Gasteiger partial charge in [-0.05, 0) is 43.9 Å². The number of fused-ring (bicyclic) bond motifs is 1. The van der Waals surface area contributed by atoms with Gasteiger partial charge in [0.15, 0.2) is 11.5 Å². The standard InChI is InChI=1S/C17H21N7/c1-2-4-14(3-1)23-10-9-13(21-23)11-18-15-7-8-16-19-20-17(12-5-6-12)24(16)22-15/h7-10,12,14H,1-6,11H2,(H,18,22). The Morgan fingerprint density at radius 1 is 1.00 bits per heavy atom. The van der Waals surface area contributed by atoms with Gasteiger partial charge in [0.05, 0.1) is 18.3 Å². The molecule has 2 aliphatic rings. The Hall–Kier alpha value is -2.44. The molecule has 1 N–H and O–H groups in total. The highest BCUT2D eigenvalue weighted by molar-refractivity contribution is 5.44. The smallest absolute Gasteiger partial charge is 0.178 e. The predicted molar refractivity (Wildman–Crippen MR) is 89.8 cm³/mol. The number of hydrogen-bond donors (Lipinski definition) is 1. The summed E-state index contributed by atoms with van der Waals surface area (Å²) in [4.78, 5) is 0. The summed E-state index contributed by atoms with van der Waals surface area (Å²) in [6.07, 6.45) is 9.65. The van der Waals surface area contributed by atoms with E-state index in [2.05, 4.69) is 37.6 Å². The second kappa shape index (κ2) is 5.58. The highest BCUT2D eigenvalue weighted by atomic mass is 15.4. The molecule has 2 aliphatic carbocycles. The van der Waals surface area contributed by atoms with Crippen molar-refractivity contribution in [2.45, 2.75) is 57.0 Å². The van der Waals surface area contributed by atoms with E-state index in [1.807, 2.05) is 16.6 Å². The summed E-state index contributed by atoms with van der Waals surface area (Å²) in [5.74, 6) is 2.35. The van der Waals surface area contributed by atoms with Crippen LogP contribution in [0.15, 0.2) is 24.4 Å². The Bertz CT molecular complexity index is 855. The lowest BCUT2D eigenvalue weighted by Crippen LogP contribution is -2.08. The summed E-state index contributed by atoms with van der Waals surface area (Å²) < 4.78 is 4.00. The van der Waals surface area contributed by atoms with Gasteiger partial charge in [-0.25, -0.2) is 0 Å². The van der Waals surface area contributed by atoms with Crippen LogP contribution in [0.4, 0.5) is 5.82 Å². The van der Waals surface area contributed by atoms with Gasteiger partial charge in [-0.1, -0.05) is 12.8 Å². The van der Waals surface area contributed by atoms with E-state index >= 15 is 0 Å². The van der Waals surface area contributed by atoms with Gasteiger partial charge in [0.1, 0.15) is 5.82 Å². The van der Waals surface area contributed by atoms with Gasteiger partial charge >= 0.3 is 0 Å². The van der Waals surface area contributed by atoms with E-state index in [9.17, 15) is 0 Å². The monoisotopic (exact) mass is 323 g/mol. The van der Waals surface area contributed by atoms with Crippen molar-refractivity contribution in [1.29, 1.82) is 0 Å². The molecule has 3 aromatic rings. The molecular weight excluding hydrogens is 302 g/mol. The molecule has 0 saturated heterocycles. The lowest BCUT2D eigenvalue weighted by atomic mass is 10.3. The lowest BCUT2D eigenvalue weighted by molar-refractivity contribution is 0.463. The van der Waals surface area contributed by atoms with Crippen molar-refractivity contribution in [3.63, 3.8) is 0 Å². The molecule has 124 valence electrons. The molecule has 0 bridgehead atoms. The molecule has 0 unspecified atom stereocenters. The third kappa shape index (κ3) is 2.53. The quantitative estimate of drug-likeness (QED) is 0.781. The molecule has 0 spiro atoms. The molecule has 3 heterocycles. The van der Waals surface area contributed by atoms with E-state index in [1.54, 1.807) is 0 Å². The molecule has 0 aliphatic heterocycles. The fourth-order valence-electron chi connectivity index (χ4n) is 3.52. The second-order valence-electron chi connectivity index (χ2n) is 6.90. The van der Waals surface area contributed by atoms with E-state index in [4.69, 9.17) is 5.10 Å². The van der Waals surface area contributed by atoms with E-state index in [0.717, 1.165) is 23.0 Å². The van der Waals surface area contributed by atoms with Crippen LogP contribution in [-0.2, 0) is 6.54 Å². The Kier molecular flexibility index (Phi) is 3.24. The highest BCUT2D eigenvalue weighted by Crippen LogP contribution is 2.38. The summed E-state index contributed by atoms with van der Waals surface area (Å²) in [6.45, 7) is 0.680. The summed E-state index contributed by atoms with van der Waals surface area (Å²) in [5, 5.41) is 21.2. The van der Waals surface area contributed by atoms with Crippen molar-refractivity contribution in [2.75, 3.05) is 5.32 Å².